The molecule has 0 aliphatic heterocycles. The van der Waals surface area contributed by atoms with Crippen LogP contribution >= 0.6 is 11.6 Å². The first kappa shape index (κ1) is 20.8. The first-order valence-electron chi connectivity index (χ1n) is 11.2. The number of hydrogen-bond donors (Lipinski definition) is 0. The van der Waals surface area contributed by atoms with Gasteiger partial charge in [-0.05, 0) is 25.0 Å². The van der Waals surface area contributed by atoms with E-state index < -0.39 is 5.41 Å². The number of carbonyl (C=O) groups excluding carboxylic acids is 1. The Morgan fingerprint density at radius 3 is 2.56 bits per heavy atom. The van der Waals surface area contributed by atoms with E-state index in [-0.39, 0.29) is 5.97 Å². The number of pyridine rings is 1. The normalized spacial score (nSPS) is 14.8. The van der Waals surface area contributed by atoms with Crippen LogP contribution in [0.4, 0.5) is 0 Å². The summed E-state index contributed by atoms with van der Waals surface area (Å²) in [5.74, 6) is 0.379. The van der Waals surface area contributed by atoms with Crippen molar-refractivity contribution in [1.82, 2.24) is 19.4 Å². The number of carbonyl (C=O) groups is 1. The highest BCUT2D eigenvalue weighted by molar-refractivity contribution is 6.33. The zero-order chi connectivity index (χ0) is 23.3. The van der Waals surface area contributed by atoms with E-state index in [0.717, 1.165) is 34.1 Å². The van der Waals surface area contributed by atoms with Crippen LogP contribution in [0.25, 0.3) is 38.9 Å². The molecule has 0 radical (unpaired) electrons. The Morgan fingerprint density at radius 2 is 1.82 bits per heavy atom. The Kier molecular flexibility index (Phi) is 4.85. The summed E-state index contributed by atoms with van der Waals surface area (Å²) in [6.45, 7) is 0. The van der Waals surface area contributed by atoms with Crippen LogP contribution in [0.3, 0.4) is 0 Å². The number of imidazole rings is 1. The van der Waals surface area contributed by atoms with E-state index in [9.17, 15) is 4.79 Å². The van der Waals surface area contributed by atoms with Gasteiger partial charge in [0.05, 0.1) is 24.0 Å². The van der Waals surface area contributed by atoms with Gasteiger partial charge in [0.15, 0.2) is 5.15 Å². The highest BCUT2D eigenvalue weighted by Crippen LogP contribution is 2.46. The van der Waals surface area contributed by atoms with Crippen molar-refractivity contribution in [2.45, 2.75) is 24.7 Å². The van der Waals surface area contributed by atoms with Crippen LogP contribution in [-0.2, 0) is 14.9 Å². The van der Waals surface area contributed by atoms with Crippen LogP contribution in [0.15, 0.2) is 73.1 Å². The largest absolute Gasteiger partial charge is 0.468 e. The maximum Gasteiger partial charge on any atom is 0.319 e. The minimum atomic E-state index is -0.768. The lowest BCUT2D eigenvalue weighted by atomic mass is 9.68. The van der Waals surface area contributed by atoms with E-state index >= 15 is 0 Å². The molecule has 5 aromatic rings. The van der Waals surface area contributed by atoms with Gasteiger partial charge < -0.3 is 4.74 Å². The quantitative estimate of drug-likeness (QED) is 0.309. The van der Waals surface area contributed by atoms with Crippen molar-refractivity contribution in [3.63, 3.8) is 0 Å². The predicted molar refractivity (Wildman–Crippen MR) is 132 cm³/mol. The summed E-state index contributed by atoms with van der Waals surface area (Å²) in [4.78, 5) is 27.0. The minimum absolute atomic E-state index is 0.266. The number of aromatic nitrogens is 4. The highest BCUT2D eigenvalue weighted by atomic mass is 35.5. The van der Waals surface area contributed by atoms with Gasteiger partial charge in [0.2, 0.25) is 0 Å². The van der Waals surface area contributed by atoms with Gasteiger partial charge in [-0.15, -0.1) is 0 Å². The van der Waals surface area contributed by atoms with Gasteiger partial charge in [-0.2, -0.15) is 0 Å². The standard InChI is InChI=1S/C27H21ClN4O2/c1-34-26(33)27(12-5-13-27)25-31-22(23-24(28)29-14-15-32(23)25)19-9-8-18-10-11-20(30-21(18)16-19)17-6-3-2-4-7-17/h2-4,6-11,14-16H,5,12-13H2,1H3. The first-order chi connectivity index (χ1) is 16.6. The smallest absolute Gasteiger partial charge is 0.319 e. The summed E-state index contributed by atoms with van der Waals surface area (Å²) in [6.07, 6.45) is 5.76. The number of nitrogens with zero attached hydrogens (tertiary/aromatic N) is 4. The van der Waals surface area contributed by atoms with E-state index in [4.69, 9.17) is 26.3 Å². The Labute approximate surface area is 201 Å². The van der Waals surface area contributed by atoms with Gasteiger partial charge in [-0.3, -0.25) is 9.20 Å². The predicted octanol–water partition coefficient (Wildman–Crippen LogP) is 5.86. The van der Waals surface area contributed by atoms with Crippen molar-refractivity contribution in [2.24, 2.45) is 0 Å². The fraction of sp³-hybridized carbons (Fsp3) is 0.185. The molecule has 0 bridgehead atoms. The lowest BCUT2D eigenvalue weighted by Crippen LogP contribution is -2.44. The number of methoxy groups -OCH3 is 1. The maximum atomic E-state index is 12.8. The molecule has 6 nitrogen and oxygen atoms in total. The summed E-state index contributed by atoms with van der Waals surface area (Å²) in [7, 11) is 1.42. The van der Waals surface area contributed by atoms with Gasteiger partial charge in [0.25, 0.3) is 0 Å². The average molecular weight is 469 g/mol. The molecule has 7 heteroatoms. The Bertz CT molecular complexity index is 1560. The summed E-state index contributed by atoms with van der Waals surface area (Å²) >= 11 is 6.57. The molecule has 1 fully saturated rings. The molecule has 0 N–H and O–H groups in total. The Hall–Kier alpha value is -3.77. The third-order valence-electron chi connectivity index (χ3n) is 6.76. The number of halogens is 1. The van der Waals surface area contributed by atoms with Crippen molar-refractivity contribution < 1.29 is 9.53 Å². The highest BCUT2D eigenvalue weighted by Gasteiger charge is 2.50. The van der Waals surface area contributed by atoms with E-state index in [1.165, 1.54) is 7.11 Å². The van der Waals surface area contributed by atoms with Crippen molar-refractivity contribution in [1.29, 1.82) is 0 Å². The summed E-state index contributed by atoms with van der Waals surface area (Å²) in [5.41, 5.74) is 4.26. The Morgan fingerprint density at radius 1 is 1.03 bits per heavy atom. The first-order valence-corrected chi connectivity index (χ1v) is 11.6. The second-order valence-corrected chi connectivity index (χ2v) is 8.98. The number of esters is 1. The molecule has 3 heterocycles. The molecule has 1 aliphatic rings. The van der Waals surface area contributed by atoms with Crippen molar-refractivity contribution in [3.05, 3.63) is 84.0 Å². The zero-order valence-corrected chi connectivity index (χ0v) is 19.3. The summed E-state index contributed by atoms with van der Waals surface area (Å²) in [6, 6.07) is 20.2. The SMILES string of the molecule is COC(=O)C1(c2nc(-c3ccc4ccc(-c5ccccc5)nc4c3)c3c(Cl)nccn23)CCC1. The summed E-state index contributed by atoms with van der Waals surface area (Å²) in [5, 5.41) is 1.36. The van der Waals surface area contributed by atoms with Crippen molar-refractivity contribution >= 4 is 34.0 Å². The van der Waals surface area contributed by atoms with Gasteiger partial charge in [0.1, 0.15) is 16.8 Å². The fourth-order valence-corrected chi connectivity index (χ4v) is 5.06. The van der Waals surface area contributed by atoms with E-state index in [1.807, 2.05) is 65.2 Å². The molecular formula is C27H21ClN4O2. The van der Waals surface area contributed by atoms with Crippen LogP contribution in [0.2, 0.25) is 5.15 Å². The van der Waals surface area contributed by atoms with E-state index in [0.29, 0.717) is 35.0 Å². The second-order valence-electron chi connectivity index (χ2n) is 8.62. The molecule has 6 rings (SSSR count). The molecule has 2 aromatic carbocycles. The van der Waals surface area contributed by atoms with E-state index in [1.54, 1.807) is 6.20 Å². The second kappa shape index (κ2) is 7.92. The number of hydrogen-bond acceptors (Lipinski definition) is 5. The molecule has 0 amide bonds. The van der Waals surface area contributed by atoms with Gasteiger partial charge in [0, 0.05) is 28.9 Å². The number of benzene rings is 2. The molecule has 1 saturated carbocycles. The Balaban J connectivity index is 1.55. The number of rotatable bonds is 4. The van der Waals surface area contributed by atoms with Crippen molar-refractivity contribution in [2.75, 3.05) is 7.11 Å². The lowest BCUT2D eigenvalue weighted by molar-refractivity contribution is -0.151. The van der Waals surface area contributed by atoms with Gasteiger partial charge in [-0.25, -0.2) is 15.0 Å². The van der Waals surface area contributed by atoms with Crippen LogP contribution in [-0.4, -0.2) is 32.4 Å². The molecule has 0 unspecified atom stereocenters. The molecule has 3 aromatic heterocycles. The zero-order valence-electron chi connectivity index (χ0n) is 18.5. The van der Waals surface area contributed by atoms with Crippen LogP contribution < -0.4 is 0 Å². The third kappa shape index (κ3) is 3.10. The van der Waals surface area contributed by atoms with Gasteiger partial charge in [-0.1, -0.05) is 66.6 Å². The van der Waals surface area contributed by atoms with Crippen LogP contribution in [0.1, 0.15) is 25.1 Å². The monoisotopic (exact) mass is 468 g/mol. The molecule has 168 valence electrons. The minimum Gasteiger partial charge on any atom is -0.468 e. The van der Waals surface area contributed by atoms with Crippen LogP contribution in [0, 0.1) is 0 Å². The lowest BCUT2D eigenvalue weighted by Gasteiger charge is -2.37. The molecule has 1 aliphatic carbocycles. The molecule has 0 spiro atoms. The van der Waals surface area contributed by atoms with E-state index in [2.05, 4.69) is 11.1 Å². The molecule has 0 saturated heterocycles. The summed E-state index contributed by atoms with van der Waals surface area (Å²) < 4.78 is 7.06. The maximum absolute atomic E-state index is 12.8. The third-order valence-corrected chi connectivity index (χ3v) is 7.03. The number of fused-ring (bicyclic) bond motifs is 2. The average Bonchev–Trinajstić information content (AvgIpc) is 3.24. The molecular weight excluding hydrogens is 448 g/mol. The topological polar surface area (TPSA) is 69.4 Å². The molecule has 34 heavy (non-hydrogen) atoms. The molecule has 0 atom stereocenters. The van der Waals surface area contributed by atoms with Gasteiger partial charge >= 0.3 is 5.97 Å². The van der Waals surface area contributed by atoms with Crippen molar-refractivity contribution in [3.8, 4) is 22.5 Å². The number of ether oxygens (including phenoxy) is 1. The van der Waals surface area contributed by atoms with Crippen LogP contribution in [0.5, 0.6) is 0 Å². The fourth-order valence-electron chi connectivity index (χ4n) is 4.82.